The molecule has 0 aromatic heterocycles. The second kappa shape index (κ2) is 6.02. The summed E-state index contributed by atoms with van der Waals surface area (Å²) in [5.41, 5.74) is 5.80. The van der Waals surface area contributed by atoms with Gasteiger partial charge in [-0.25, -0.2) is 0 Å². The van der Waals surface area contributed by atoms with E-state index < -0.39 is 0 Å². The Labute approximate surface area is 111 Å². The van der Waals surface area contributed by atoms with Crippen LogP contribution in [0.4, 0.5) is 0 Å². The van der Waals surface area contributed by atoms with E-state index in [1.54, 1.807) is 0 Å². The van der Waals surface area contributed by atoms with Crippen molar-refractivity contribution in [2.24, 2.45) is 5.73 Å². The number of hydrogen-bond acceptors (Lipinski definition) is 3. The molecular weight excluding hydrogens is 226 g/mol. The van der Waals surface area contributed by atoms with Crippen LogP contribution in [0.2, 0.25) is 0 Å². The zero-order chi connectivity index (χ0) is 13.8. The zero-order valence-corrected chi connectivity index (χ0v) is 12.4. The topological polar surface area (TPSA) is 58.4 Å². The molecule has 1 rings (SSSR count). The Morgan fingerprint density at radius 3 is 2.33 bits per heavy atom. The van der Waals surface area contributed by atoms with Gasteiger partial charge in [-0.05, 0) is 47.2 Å². The predicted molar refractivity (Wildman–Crippen MR) is 75.4 cm³/mol. The number of carbonyl (C=O) groups is 1. The van der Waals surface area contributed by atoms with Gasteiger partial charge in [-0.3, -0.25) is 4.79 Å². The smallest absolute Gasteiger partial charge is 0.220 e. The summed E-state index contributed by atoms with van der Waals surface area (Å²) in [5.74, 6) is 0.127. The van der Waals surface area contributed by atoms with E-state index in [0.29, 0.717) is 6.42 Å². The van der Waals surface area contributed by atoms with Crippen LogP contribution in [0.15, 0.2) is 0 Å². The zero-order valence-electron chi connectivity index (χ0n) is 12.4. The molecule has 0 atom stereocenters. The summed E-state index contributed by atoms with van der Waals surface area (Å²) in [6, 6.07) is 0. The molecular formula is C14H29N3O. The Bertz CT molecular complexity index is 275. The maximum atomic E-state index is 11.8. The lowest BCUT2D eigenvalue weighted by Gasteiger charge is -2.36. The van der Waals surface area contributed by atoms with Crippen LogP contribution in [0.5, 0.6) is 0 Å². The molecule has 0 aromatic rings. The fraction of sp³-hybridized carbons (Fsp3) is 0.929. The number of nitrogens with zero attached hydrogens (tertiary/aromatic N) is 1. The molecule has 0 heterocycles. The summed E-state index contributed by atoms with van der Waals surface area (Å²) < 4.78 is 0. The van der Waals surface area contributed by atoms with Gasteiger partial charge in [0, 0.05) is 24.0 Å². The molecule has 1 saturated carbocycles. The lowest BCUT2D eigenvalue weighted by molar-refractivity contribution is -0.122. The van der Waals surface area contributed by atoms with Crippen molar-refractivity contribution < 1.29 is 4.79 Å². The first-order chi connectivity index (χ1) is 8.25. The van der Waals surface area contributed by atoms with Crippen molar-refractivity contribution in [3.8, 4) is 0 Å². The van der Waals surface area contributed by atoms with Crippen molar-refractivity contribution in [2.45, 2.75) is 63.5 Å². The first kappa shape index (κ1) is 15.4. The van der Waals surface area contributed by atoms with Gasteiger partial charge in [0.2, 0.25) is 5.91 Å². The monoisotopic (exact) mass is 255 g/mol. The molecule has 1 fully saturated rings. The molecule has 4 heteroatoms. The van der Waals surface area contributed by atoms with Gasteiger partial charge < -0.3 is 16.0 Å². The summed E-state index contributed by atoms with van der Waals surface area (Å²) >= 11 is 0. The predicted octanol–water partition coefficient (Wildman–Crippen LogP) is 1.49. The summed E-state index contributed by atoms with van der Waals surface area (Å²) in [4.78, 5) is 14.1. The van der Waals surface area contributed by atoms with E-state index in [1.807, 2.05) is 13.8 Å². The van der Waals surface area contributed by atoms with Crippen molar-refractivity contribution in [2.75, 3.05) is 20.6 Å². The fourth-order valence-electron chi connectivity index (χ4n) is 2.60. The van der Waals surface area contributed by atoms with E-state index in [4.69, 9.17) is 5.73 Å². The van der Waals surface area contributed by atoms with Crippen LogP contribution in [0.3, 0.4) is 0 Å². The fourth-order valence-corrected chi connectivity index (χ4v) is 2.60. The molecule has 0 bridgehead atoms. The Balaban J connectivity index is 2.37. The summed E-state index contributed by atoms with van der Waals surface area (Å²) in [7, 11) is 4.22. The standard InChI is InChI=1S/C14H29N3O/c1-13(2,15)10-7-12(18)16-11-14(17(3)4)8-5-6-9-14/h5-11,15H2,1-4H3,(H,16,18). The third-order valence-electron chi connectivity index (χ3n) is 4.09. The van der Waals surface area contributed by atoms with Gasteiger partial charge in [-0.15, -0.1) is 0 Å². The maximum Gasteiger partial charge on any atom is 0.220 e. The van der Waals surface area contributed by atoms with E-state index >= 15 is 0 Å². The Kier molecular flexibility index (Phi) is 5.17. The van der Waals surface area contributed by atoms with E-state index in [-0.39, 0.29) is 17.0 Å². The molecule has 1 amide bonds. The second-order valence-electron chi connectivity index (χ2n) is 6.59. The molecule has 1 aliphatic carbocycles. The van der Waals surface area contributed by atoms with Gasteiger partial charge in [-0.1, -0.05) is 12.8 Å². The average molecular weight is 255 g/mol. The van der Waals surface area contributed by atoms with Crippen molar-refractivity contribution in [1.29, 1.82) is 0 Å². The average Bonchev–Trinajstić information content (AvgIpc) is 2.72. The number of nitrogens with two attached hydrogens (primary N) is 1. The third kappa shape index (κ3) is 4.58. The highest BCUT2D eigenvalue weighted by atomic mass is 16.1. The summed E-state index contributed by atoms with van der Waals surface area (Å²) in [6.07, 6.45) is 6.15. The number of rotatable bonds is 6. The molecule has 106 valence electrons. The number of nitrogens with one attached hydrogen (secondary N) is 1. The Morgan fingerprint density at radius 2 is 1.89 bits per heavy atom. The molecule has 0 saturated heterocycles. The normalized spacial score (nSPS) is 19.2. The van der Waals surface area contributed by atoms with E-state index in [9.17, 15) is 4.79 Å². The molecule has 4 nitrogen and oxygen atoms in total. The van der Waals surface area contributed by atoms with Gasteiger partial charge in [0.05, 0.1) is 0 Å². The Hall–Kier alpha value is -0.610. The highest BCUT2D eigenvalue weighted by Crippen LogP contribution is 2.33. The van der Waals surface area contributed by atoms with E-state index in [1.165, 1.54) is 25.7 Å². The molecule has 0 spiro atoms. The SMILES string of the molecule is CN(C)C1(CNC(=O)CCC(C)(C)N)CCCC1. The number of carbonyl (C=O) groups excluding carboxylic acids is 1. The van der Waals surface area contributed by atoms with Crippen molar-refractivity contribution >= 4 is 5.91 Å². The van der Waals surface area contributed by atoms with E-state index in [0.717, 1.165) is 13.0 Å². The lowest BCUT2D eigenvalue weighted by Crippen LogP contribution is -2.51. The maximum absolute atomic E-state index is 11.8. The minimum Gasteiger partial charge on any atom is -0.354 e. The van der Waals surface area contributed by atoms with Crippen LogP contribution in [0.1, 0.15) is 52.4 Å². The highest BCUT2D eigenvalue weighted by molar-refractivity contribution is 5.76. The van der Waals surface area contributed by atoms with Crippen LogP contribution in [0, 0.1) is 0 Å². The van der Waals surface area contributed by atoms with Gasteiger partial charge in [0.1, 0.15) is 0 Å². The van der Waals surface area contributed by atoms with Crippen molar-refractivity contribution in [1.82, 2.24) is 10.2 Å². The minimum atomic E-state index is -0.260. The number of hydrogen-bond donors (Lipinski definition) is 2. The number of likely N-dealkylation sites (N-methyl/N-ethyl adjacent to an activating group) is 1. The van der Waals surface area contributed by atoms with Crippen LogP contribution in [0.25, 0.3) is 0 Å². The molecule has 0 aromatic carbocycles. The van der Waals surface area contributed by atoms with Gasteiger partial charge in [0.25, 0.3) is 0 Å². The molecule has 18 heavy (non-hydrogen) atoms. The second-order valence-corrected chi connectivity index (χ2v) is 6.59. The third-order valence-corrected chi connectivity index (χ3v) is 4.09. The number of amides is 1. The van der Waals surface area contributed by atoms with Crippen LogP contribution < -0.4 is 11.1 Å². The largest absolute Gasteiger partial charge is 0.354 e. The molecule has 0 unspecified atom stereocenters. The van der Waals surface area contributed by atoms with Gasteiger partial charge in [0.15, 0.2) is 0 Å². The van der Waals surface area contributed by atoms with Crippen LogP contribution in [-0.2, 0) is 4.79 Å². The van der Waals surface area contributed by atoms with Crippen molar-refractivity contribution in [3.05, 3.63) is 0 Å². The first-order valence-corrected chi connectivity index (χ1v) is 6.98. The summed E-state index contributed by atoms with van der Waals surface area (Å²) in [6.45, 7) is 4.68. The minimum absolute atomic E-state index is 0.127. The molecule has 3 N–H and O–H groups in total. The van der Waals surface area contributed by atoms with Gasteiger partial charge >= 0.3 is 0 Å². The van der Waals surface area contributed by atoms with Crippen LogP contribution in [-0.4, -0.2) is 42.5 Å². The molecule has 0 radical (unpaired) electrons. The quantitative estimate of drug-likeness (QED) is 0.756. The van der Waals surface area contributed by atoms with Gasteiger partial charge in [-0.2, -0.15) is 0 Å². The summed E-state index contributed by atoms with van der Waals surface area (Å²) in [5, 5.41) is 3.08. The molecule has 0 aliphatic heterocycles. The first-order valence-electron chi connectivity index (χ1n) is 6.98. The Morgan fingerprint density at radius 1 is 1.33 bits per heavy atom. The van der Waals surface area contributed by atoms with Crippen molar-refractivity contribution in [3.63, 3.8) is 0 Å². The molecule has 1 aliphatic rings. The lowest BCUT2D eigenvalue weighted by atomic mass is 9.95. The van der Waals surface area contributed by atoms with Crippen LogP contribution >= 0.6 is 0 Å². The highest BCUT2D eigenvalue weighted by Gasteiger charge is 2.36. The van der Waals surface area contributed by atoms with E-state index in [2.05, 4.69) is 24.3 Å².